The minimum absolute atomic E-state index is 0.0550. The Hall–Kier alpha value is -2.20. The molecule has 1 fully saturated rings. The van der Waals surface area contributed by atoms with Gasteiger partial charge in [0.2, 0.25) is 10.0 Å². The SMILES string of the molecule is COc1ccc(S(=O)(=O)N2CCN(c3nc(-c4ccc(F)c(Cl)c4)cs3)CC2)cc1. The number of methoxy groups -OCH3 is 1. The van der Waals surface area contributed by atoms with Crippen LogP contribution in [0.3, 0.4) is 0 Å². The van der Waals surface area contributed by atoms with Gasteiger partial charge in [-0.1, -0.05) is 11.6 Å². The van der Waals surface area contributed by atoms with Crippen molar-refractivity contribution in [2.75, 3.05) is 38.2 Å². The van der Waals surface area contributed by atoms with Gasteiger partial charge in [0.25, 0.3) is 0 Å². The van der Waals surface area contributed by atoms with Crippen LogP contribution in [-0.2, 0) is 10.0 Å². The summed E-state index contributed by atoms with van der Waals surface area (Å²) in [5, 5.41) is 2.74. The Morgan fingerprint density at radius 2 is 1.80 bits per heavy atom. The van der Waals surface area contributed by atoms with Gasteiger partial charge in [-0.15, -0.1) is 11.3 Å². The number of anilines is 1. The van der Waals surface area contributed by atoms with Crippen LogP contribution >= 0.6 is 22.9 Å². The molecule has 30 heavy (non-hydrogen) atoms. The molecule has 10 heteroatoms. The van der Waals surface area contributed by atoms with Gasteiger partial charge in [-0.3, -0.25) is 0 Å². The van der Waals surface area contributed by atoms with Crippen LogP contribution in [0.4, 0.5) is 9.52 Å². The molecule has 0 atom stereocenters. The first-order chi connectivity index (χ1) is 14.4. The molecule has 1 saturated heterocycles. The molecule has 158 valence electrons. The zero-order valence-corrected chi connectivity index (χ0v) is 18.5. The maximum atomic E-state index is 13.4. The highest BCUT2D eigenvalue weighted by atomic mass is 35.5. The molecule has 0 amide bonds. The average molecular weight is 468 g/mol. The van der Waals surface area contributed by atoms with E-state index in [1.54, 1.807) is 36.4 Å². The normalized spacial score (nSPS) is 15.4. The van der Waals surface area contributed by atoms with Gasteiger partial charge in [-0.2, -0.15) is 4.31 Å². The van der Waals surface area contributed by atoms with Crippen LogP contribution in [0, 0.1) is 5.82 Å². The van der Waals surface area contributed by atoms with Gasteiger partial charge in [0.15, 0.2) is 5.13 Å². The van der Waals surface area contributed by atoms with Gasteiger partial charge >= 0.3 is 0 Å². The first kappa shape index (κ1) is 21.0. The van der Waals surface area contributed by atoms with Crippen molar-refractivity contribution >= 4 is 38.1 Å². The second kappa shape index (κ2) is 8.50. The van der Waals surface area contributed by atoms with Crippen LogP contribution in [0.1, 0.15) is 0 Å². The predicted octanol–water partition coefficient (Wildman–Crippen LogP) is 4.12. The number of hydrogen-bond donors (Lipinski definition) is 0. The Balaban J connectivity index is 1.44. The van der Waals surface area contributed by atoms with Crippen LogP contribution in [-0.4, -0.2) is 51.0 Å². The fraction of sp³-hybridized carbons (Fsp3) is 0.250. The van der Waals surface area contributed by atoms with Crippen molar-refractivity contribution in [1.29, 1.82) is 0 Å². The third-order valence-corrected chi connectivity index (χ3v) is 8.02. The number of hydrogen-bond acceptors (Lipinski definition) is 6. The Kier molecular flexibility index (Phi) is 5.97. The average Bonchev–Trinajstić information content (AvgIpc) is 3.26. The van der Waals surface area contributed by atoms with Gasteiger partial charge in [-0.05, 0) is 42.5 Å². The van der Waals surface area contributed by atoms with Crippen LogP contribution in [0.2, 0.25) is 5.02 Å². The fourth-order valence-corrected chi connectivity index (χ4v) is 5.71. The molecule has 0 N–H and O–H groups in total. The molecule has 0 unspecified atom stereocenters. The van der Waals surface area contributed by atoms with E-state index < -0.39 is 15.8 Å². The second-order valence-electron chi connectivity index (χ2n) is 6.71. The zero-order valence-electron chi connectivity index (χ0n) is 16.1. The lowest BCUT2D eigenvalue weighted by atomic mass is 10.2. The van der Waals surface area contributed by atoms with E-state index in [0.717, 1.165) is 10.7 Å². The summed E-state index contributed by atoms with van der Waals surface area (Å²) >= 11 is 7.33. The summed E-state index contributed by atoms with van der Waals surface area (Å²) in [6.07, 6.45) is 0. The van der Waals surface area contributed by atoms with Gasteiger partial charge in [-0.25, -0.2) is 17.8 Å². The van der Waals surface area contributed by atoms with Crippen LogP contribution in [0.15, 0.2) is 52.7 Å². The standard InChI is InChI=1S/C20H19ClFN3O3S2/c1-28-15-3-5-16(6-4-15)30(26,27)25-10-8-24(9-11-25)20-23-19(13-29-20)14-2-7-18(22)17(21)12-14/h2-7,12-13H,8-11H2,1H3. The molecule has 2 heterocycles. The van der Waals surface area contributed by atoms with Crippen LogP contribution in [0.25, 0.3) is 11.3 Å². The summed E-state index contributed by atoms with van der Waals surface area (Å²) in [6.45, 7) is 1.80. The molecule has 0 spiro atoms. The number of thiazole rings is 1. The quantitative estimate of drug-likeness (QED) is 0.564. The molecule has 6 nitrogen and oxygen atoms in total. The van der Waals surface area contributed by atoms with Crippen molar-refractivity contribution in [3.8, 4) is 17.0 Å². The Morgan fingerprint density at radius 1 is 1.10 bits per heavy atom. The highest BCUT2D eigenvalue weighted by molar-refractivity contribution is 7.89. The largest absolute Gasteiger partial charge is 0.497 e. The molecular weight excluding hydrogens is 449 g/mol. The molecule has 0 aliphatic carbocycles. The summed E-state index contributed by atoms with van der Waals surface area (Å²) in [7, 11) is -2.02. The zero-order chi connectivity index (χ0) is 21.3. The van der Waals surface area contributed by atoms with Crippen LogP contribution < -0.4 is 9.64 Å². The lowest BCUT2D eigenvalue weighted by Gasteiger charge is -2.33. The number of nitrogens with zero attached hydrogens (tertiary/aromatic N) is 3. The van der Waals surface area contributed by atoms with Crippen molar-refractivity contribution in [2.24, 2.45) is 0 Å². The molecule has 4 rings (SSSR count). The first-order valence-electron chi connectivity index (χ1n) is 9.18. The van der Waals surface area contributed by atoms with E-state index in [1.165, 1.54) is 28.8 Å². The van der Waals surface area contributed by atoms with Gasteiger partial charge in [0.1, 0.15) is 11.6 Å². The third kappa shape index (κ3) is 4.15. The van der Waals surface area contributed by atoms with E-state index in [0.29, 0.717) is 37.6 Å². The van der Waals surface area contributed by atoms with E-state index in [9.17, 15) is 12.8 Å². The number of rotatable bonds is 5. The van der Waals surface area contributed by atoms with E-state index in [-0.39, 0.29) is 9.92 Å². The summed E-state index contributed by atoms with van der Waals surface area (Å²) < 4.78 is 45.7. The summed E-state index contributed by atoms with van der Waals surface area (Å²) in [4.78, 5) is 6.93. The van der Waals surface area contributed by atoms with Crippen molar-refractivity contribution in [3.05, 3.63) is 58.7 Å². The topological polar surface area (TPSA) is 62.7 Å². The second-order valence-corrected chi connectivity index (χ2v) is 9.89. The number of ether oxygens (including phenoxy) is 1. The van der Waals surface area contributed by atoms with Crippen LogP contribution in [0.5, 0.6) is 5.75 Å². The Labute approximate surface area is 183 Å². The highest BCUT2D eigenvalue weighted by Gasteiger charge is 2.29. The monoisotopic (exact) mass is 467 g/mol. The minimum atomic E-state index is -3.56. The number of halogens is 2. The lowest BCUT2D eigenvalue weighted by molar-refractivity contribution is 0.384. The van der Waals surface area contributed by atoms with Gasteiger partial charge < -0.3 is 9.64 Å². The fourth-order valence-electron chi connectivity index (χ4n) is 3.21. The minimum Gasteiger partial charge on any atom is -0.497 e. The number of aromatic nitrogens is 1. The Morgan fingerprint density at radius 3 is 2.43 bits per heavy atom. The molecule has 1 aliphatic heterocycles. The van der Waals surface area contributed by atoms with Crippen molar-refractivity contribution in [3.63, 3.8) is 0 Å². The predicted molar refractivity (Wildman–Crippen MR) is 116 cm³/mol. The summed E-state index contributed by atoms with van der Waals surface area (Å²) in [5.41, 5.74) is 1.45. The summed E-state index contributed by atoms with van der Waals surface area (Å²) in [5.74, 6) is 0.144. The molecule has 0 saturated carbocycles. The molecule has 0 radical (unpaired) electrons. The molecule has 1 aliphatic rings. The summed E-state index contributed by atoms with van der Waals surface area (Å²) in [6, 6.07) is 10.9. The first-order valence-corrected chi connectivity index (χ1v) is 11.9. The molecule has 2 aromatic carbocycles. The van der Waals surface area contributed by atoms with Crippen molar-refractivity contribution in [1.82, 2.24) is 9.29 Å². The third-order valence-electron chi connectivity index (χ3n) is 4.91. The molecular formula is C20H19ClFN3O3S2. The van der Waals surface area contributed by atoms with E-state index in [2.05, 4.69) is 9.88 Å². The van der Waals surface area contributed by atoms with Crippen molar-refractivity contribution < 1.29 is 17.5 Å². The Bertz CT molecular complexity index is 1140. The highest BCUT2D eigenvalue weighted by Crippen LogP contribution is 2.31. The van der Waals surface area contributed by atoms with Crippen molar-refractivity contribution in [2.45, 2.75) is 4.90 Å². The van der Waals surface area contributed by atoms with E-state index in [1.807, 2.05) is 5.38 Å². The maximum Gasteiger partial charge on any atom is 0.243 e. The molecule has 1 aromatic heterocycles. The van der Waals surface area contributed by atoms with E-state index >= 15 is 0 Å². The van der Waals surface area contributed by atoms with Gasteiger partial charge in [0.05, 0.1) is 22.7 Å². The molecule has 3 aromatic rings. The number of benzene rings is 2. The number of piperazine rings is 1. The smallest absolute Gasteiger partial charge is 0.243 e. The van der Waals surface area contributed by atoms with Gasteiger partial charge in [0, 0.05) is 37.1 Å². The molecule has 0 bridgehead atoms. The lowest BCUT2D eigenvalue weighted by Crippen LogP contribution is -2.48. The maximum absolute atomic E-state index is 13.4. The van der Waals surface area contributed by atoms with E-state index in [4.69, 9.17) is 16.3 Å². The number of sulfonamides is 1.